The second-order valence-electron chi connectivity index (χ2n) is 5.84. The van der Waals surface area contributed by atoms with Gasteiger partial charge in [0.15, 0.2) is 0 Å². The van der Waals surface area contributed by atoms with Crippen LogP contribution in [0.15, 0.2) is 71.9 Å². The van der Waals surface area contributed by atoms with Crippen LogP contribution in [0.4, 0.5) is 0 Å². The van der Waals surface area contributed by atoms with E-state index in [1.807, 2.05) is 48.5 Å². The van der Waals surface area contributed by atoms with E-state index in [0.29, 0.717) is 28.0 Å². The van der Waals surface area contributed by atoms with Crippen LogP contribution in [0.1, 0.15) is 22.3 Å². The Balaban J connectivity index is 1.63. The molecule has 0 amide bonds. The van der Waals surface area contributed by atoms with Crippen LogP contribution in [0.5, 0.6) is 5.75 Å². The fraction of sp³-hybridized carbons (Fsp3) is 0.0909. The molecule has 0 heterocycles. The van der Waals surface area contributed by atoms with Crippen LogP contribution in [-0.4, -0.2) is 6.21 Å². The molecule has 4 nitrogen and oxygen atoms in total. The van der Waals surface area contributed by atoms with Crippen LogP contribution in [0, 0.1) is 11.3 Å². The maximum Gasteiger partial charge on any atom is 0.143 e. The van der Waals surface area contributed by atoms with Gasteiger partial charge in [-0.2, -0.15) is 5.26 Å². The first kappa shape index (κ1) is 19.8. The van der Waals surface area contributed by atoms with Crippen molar-refractivity contribution in [2.75, 3.05) is 0 Å². The number of oxime groups is 1. The van der Waals surface area contributed by atoms with Gasteiger partial charge in [0.25, 0.3) is 0 Å². The second-order valence-corrected chi connectivity index (χ2v) is 6.68. The molecule has 3 aromatic carbocycles. The van der Waals surface area contributed by atoms with Crippen LogP contribution >= 0.6 is 23.2 Å². The van der Waals surface area contributed by atoms with Crippen molar-refractivity contribution >= 4 is 29.4 Å². The first-order chi connectivity index (χ1) is 13.7. The zero-order valence-corrected chi connectivity index (χ0v) is 16.3. The molecule has 0 spiro atoms. The average Bonchev–Trinajstić information content (AvgIpc) is 2.71. The van der Waals surface area contributed by atoms with Crippen molar-refractivity contribution in [1.29, 1.82) is 5.26 Å². The van der Waals surface area contributed by atoms with Gasteiger partial charge in [0.05, 0.1) is 17.8 Å². The van der Waals surface area contributed by atoms with Crippen LogP contribution in [0.3, 0.4) is 0 Å². The molecular weight excluding hydrogens is 395 g/mol. The smallest absolute Gasteiger partial charge is 0.143 e. The second kappa shape index (κ2) is 9.80. The quantitative estimate of drug-likeness (QED) is 0.354. The molecule has 0 N–H and O–H groups in total. The lowest BCUT2D eigenvalue weighted by Gasteiger charge is -2.10. The Bertz CT molecular complexity index is 1030. The monoisotopic (exact) mass is 410 g/mol. The Kier molecular flexibility index (Phi) is 6.91. The standard InChI is InChI=1S/C22H16Cl2N2O2/c23-20-10-9-19(21(24)11-20)14-27-22-8-4-3-6-17(22)13-26-28-15-18-7-2-1-5-16(18)12-25/h1-11,13H,14-15H2/b26-13-. The van der Waals surface area contributed by atoms with E-state index in [2.05, 4.69) is 11.2 Å². The fourth-order valence-electron chi connectivity index (χ4n) is 2.47. The van der Waals surface area contributed by atoms with Gasteiger partial charge in [-0.3, -0.25) is 0 Å². The van der Waals surface area contributed by atoms with Gasteiger partial charge in [-0.15, -0.1) is 0 Å². The van der Waals surface area contributed by atoms with Crippen LogP contribution < -0.4 is 4.74 Å². The van der Waals surface area contributed by atoms with Gasteiger partial charge in [0, 0.05) is 26.7 Å². The minimum atomic E-state index is 0.212. The molecule has 0 saturated heterocycles. The van der Waals surface area contributed by atoms with Crippen LogP contribution in [0.2, 0.25) is 10.0 Å². The van der Waals surface area contributed by atoms with E-state index >= 15 is 0 Å². The van der Waals surface area contributed by atoms with E-state index < -0.39 is 0 Å². The first-order valence-electron chi connectivity index (χ1n) is 8.46. The molecule has 0 aliphatic heterocycles. The Morgan fingerprint density at radius 2 is 1.71 bits per heavy atom. The summed E-state index contributed by atoms with van der Waals surface area (Å²) in [5.41, 5.74) is 2.95. The predicted molar refractivity (Wildman–Crippen MR) is 111 cm³/mol. The molecule has 140 valence electrons. The maximum absolute atomic E-state index is 9.10. The molecule has 0 atom stereocenters. The highest BCUT2D eigenvalue weighted by Gasteiger charge is 2.05. The van der Waals surface area contributed by atoms with Gasteiger partial charge < -0.3 is 9.57 Å². The van der Waals surface area contributed by atoms with Crippen molar-refractivity contribution in [2.24, 2.45) is 5.16 Å². The summed E-state index contributed by atoms with van der Waals surface area (Å²) < 4.78 is 5.88. The zero-order valence-electron chi connectivity index (χ0n) is 14.8. The van der Waals surface area contributed by atoms with Gasteiger partial charge in [0.1, 0.15) is 19.0 Å². The molecule has 0 saturated carbocycles. The lowest BCUT2D eigenvalue weighted by molar-refractivity contribution is 0.132. The molecule has 0 unspecified atom stereocenters. The summed E-state index contributed by atoms with van der Waals surface area (Å²) in [6, 6.07) is 22.1. The van der Waals surface area contributed by atoms with E-state index in [9.17, 15) is 0 Å². The number of hydrogen-bond acceptors (Lipinski definition) is 4. The van der Waals surface area contributed by atoms with Crippen molar-refractivity contribution < 1.29 is 9.57 Å². The van der Waals surface area contributed by atoms with E-state index in [4.69, 9.17) is 38.0 Å². The van der Waals surface area contributed by atoms with E-state index in [1.54, 1.807) is 24.4 Å². The predicted octanol–water partition coefficient (Wildman–Crippen LogP) is 5.99. The van der Waals surface area contributed by atoms with Gasteiger partial charge in [-0.05, 0) is 30.3 Å². The van der Waals surface area contributed by atoms with Crippen LogP contribution in [0.25, 0.3) is 0 Å². The minimum Gasteiger partial charge on any atom is -0.488 e. The summed E-state index contributed by atoms with van der Waals surface area (Å²) in [7, 11) is 0. The van der Waals surface area contributed by atoms with Crippen molar-refractivity contribution in [2.45, 2.75) is 13.2 Å². The molecule has 0 radical (unpaired) electrons. The summed E-state index contributed by atoms with van der Waals surface area (Å²) in [6.45, 7) is 0.515. The molecule has 3 aromatic rings. The number of rotatable bonds is 7. The Labute approximate surface area is 173 Å². The lowest BCUT2D eigenvalue weighted by atomic mass is 10.1. The van der Waals surface area contributed by atoms with Gasteiger partial charge in [-0.1, -0.05) is 64.8 Å². The number of benzene rings is 3. The largest absolute Gasteiger partial charge is 0.488 e. The molecule has 0 fully saturated rings. The fourth-order valence-corrected chi connectivity index (χ4v) is 2.93. The molecule has 0 aliphatic carbocycles. The third kappa shape index (κ3) is 5.26. The molecule has 0 aromatic heterocycles. The topological polar surface area (TPSA) is 54.6 Å². The Morgan fingerprint density at radius 1 is 0.929 bits per heavy atom. The highest BCUT2D eigenvalue weighted by molar-refractivity contribution is 6.35. The highest BCUT2D eigenvalue weighted by Crippen LogP contribution is 2.24. The number of nitrogens with zero attached hydrogens (tertiary/aromatic N) is 2. The summed E-state index contributed by atoms with van der Waals surface area (Å²) in [5.74, 6) is 0.651. The summed E-state index contributed by atoms with van der Waals surface area (Å²) >= 11 is 12.1. The van der Waals surface area contributed by atoms with Crippen molar-refractivity contribution in [3.8, 4) is 11.8 Å². The maximum atomic E-state index is 9.10. The number of nitriles is 1. The van der Waals surface area contributed by atoms with Gasteiger partial charge >= 0.3 is 0 Å². The number of ether oxygens (including phenoxy) is 1. The first-order valence-corrected chi connectivity index (χ1v) is 9.22. The average molecular weight is 411 g/mol. The van der Waals surface area contributed by atoms with Crippen molar-refractivity contribution in [1.82, 2.24) is 0 Å². The van der Waals surface area contributed by atoms with Gasteiger partial charge in [-0.25, -0.2) is 0 Å². The Hall–Kier alpha value is -3.00. The van der Waals surface area contributed by atoms with Gasteiger partial charge in [0.2, 0.25) is 0 Å². The Morgan fingerprint density at radius 3 is 2.54 bits per heavy atom. The lowest BCUT2D eigenvalue weighted by Crippen LogP contribution is -1.99. The third-order valence-electron chi connectivity index (χ3n) is 3.94. The summed E-state index contributed by atoms with van der Waals surface area (Å²) in [6.07, 6.45) is 1.58. The van der Waals surface area contributed by atoms with Crippen molar-refractivity contribution in [3.63, 3.8) is 0 Å². The number of halogens is 2. The van der Waals surface area contributed by atoms with E-state index in [1.165, 1.54) is 0 Å². The zero-order chi connectivity index (χ0) is 19.8. The van der Waals surface area contributed by atoms with E-state index in [-0.39, 0.29) is 6.61 Å². The van der Waals surface area contributed by atoms with Crippen molar-refractivity contribution in [3.05, 3.63) is 99.0 Å². The molecule has 0 bridgehead atoms. The normalized spacial score (nSPS) is 10.6. The summed E-state index contributed by atoms with van der Waals surface area (Å²) in [4.78, 5) is 5.34. The highest BCUT2D eigenvalue weighted by atomic mass is 35.5. The molecule has 28 heavy (non-hydrogen) atoms. The van der Waals surface area contributed by atoms with Crippen LogP contribution in [-0.2, 0) is 18.1 Å². The SMILES string of the molecule is N#Cc1ccccc1CO/N=C\c1ccccc1OCc1ccc(Cl)cc1Cl. The summed E-state index contributed by atoms with van der Waals surface area (Å²) in [5, 5.41) is 14.2. The van der Waals surface area contributed by atoms with E-state index in [0.717, 1.165) is 16.7 Å². The molecule has 0 aliphatic rings. The molecule has 6 heteroatoms. The molecule has 3 rings (SSSR count). The number of para-hydroxylation sites is 1. The number of hydrogen-bond donors (Lipinski definition) is 0. The third-order valence-corrected chi connectivity index (χ3v) is 4.53. The molecular formula is C22H16Cl2N2O2. The minimum absolute atomic E-state index is 0.212.